The molecule has 1 aromatic heterocycles. The number of anilines is 1. The van der Waals surface area contributed by atoms with E-state index in [9.17, 15) is 0 Å². The van der Waals surface area contributed by atoms with Gasteiger partial charge in [0.25, 0.3) is 0 Å². The molecule has 1 N–H and O–H groups in total. The Morgan fingerprint density at radius 1 is 1.19 bits per heavy atom. The number of nitrogens with one attached hydrogen (secondary N) is 1. The van der Waals surface area contributed by atoms with Gasteiger partial charge >= 0.3 is 0 Å². The van der Waals surface area contributed by atoms with Crippen molar-refractivity contribution in [1.29, 1.82) is 0 Å². The van der Waals surface area contributed by atoms with Gasteiger partial charge in [-0.1, -0.05) is 19.1 Å². The lowest BCUT2D eigenvalue weighted by molar-refractivity contribution is 0.340. The van der Waals surface area contributed by atoms with Gasteiger partial charge in [0.05, 0.1) is 13.7 Å². The summed E-state index contributed by atoms with van der Waals surface area (Å²) in [7, 11) is 1.63. The molecule has 0 atom stereocenters. The van der Waals surface area contributed by atoms with Crippen molar-refractivity contribution in [3.05, 3.63) is 30.6 Å². The Balaban J connectivity index is 2.40. The average Bonchev–Trinajstić information content (AvgIpc) is 2.53. The maximum absolute atomic E-state index is 5.54. The molecule has 0 aliphatic rings. The number of aromatic nitrogens is 2. The number of hydrogen-bond donors (Lipinski definition) is 1. The highest BCUT2D eigenvalue weighted by atomic mass is 16.5. The van der Waals surface area contributed by atoms with E-state index in [1.807, 2.05) is 31.2 Å². The second kappa shape index (κ2) is 7.47. The Morgan fingerprint density at radius 3 is 2.76 bits per heavy atom. The lowest BCUT2D eigenvalue weighted by Crippen LogP contribution is -2.06. The topological polar surface area (TPSA) is 56.3 Å². The molecule has 0 fully saturated rings. The molecule has 1 aromatic carbocycles. The number of hydrogen-bond acceptors (Lipinski definition) is 5. The van der Waals surface area contributed by atoms with E-state index in [0.717, 1.165) is 30.0 Å². The van der Waals surface area contributed by atoms with Gasteiger partial charge in [-0.2, -0.15) is 0 Å². The zero-order valence-electron chi connectivity index (χ0n) is 12.7. The second-order valence-electron chi connectivity index (χ2n) is 4.49. The van der Waals surface area contributed by atoms with Crippen LogP contribution in [-0.2, 0) is 0 Å². The van der Waals surface area contributed by atoms with Crippen molar-refractivity contribution in [1.82, 2.24) is 9.97 Å². The summed E-state index contributed by atoms with van der Waals surface area (Å²) in [6.07, 6.45) is 2.56. The monoisotopic (exact) mass is 287 g/mol. The Hall–Kier alpha value is -2.30. The van der Waals surface area contributed by atoms with Crippen molar-refractivity contribution >= 4 is 5.82 Å². The van der Waals surface area contributed by atoms with E-state index < -0.39 is 0 Å². The third-order valence-electron chi connectivity index (χ3n) is 2.97. The molecule has 0 saturated carbocycles. The van der Waals surface area contributed by atoms with Crippen molar-refractivity contribution < 1.29 is 9.47 Å². The summed E-state index contributed by atoms with van der Waals surface area (Å²) in [5.41, 5.74) is 1.70. The smallest absolute Gasteiger partial charge is 0.187 e. The van der Waals surface area contributed by atoms with Crippen LogP contribution in [-0.4, -0.2) is 30.2 Å². The lowest BCUT2D eigenvalue weighted by atomic mass is 10.1. The van der Waals surface area contributed by atoms with Crippen LogP contribution in [0.1, 0.15) is 20.3 Å². The molecule has 0 aliphatic carbocycles. The number of methoxy groups -OCH3 is 1. The SMILES string of the molecule is CCCNc1ncnc(-c2cccc(OCC)c2)c1OC. The van der Waals surface area contributed by atoms with Gasteiger partial charge < -0.3 is 14.8 Å². The first-order chi connectivity index (χ1) is 10.3. The van der Waals surface area contributed by atoms with Crippen LogP contribution in [0.2, 0.25) is 0 Å². The highest BCUT2D eigenvalue weighted by Crippen LogP contribution is 2.34. The number of nitrogens with zero attached hydrogens (tertiary/aromatic N) is 2. The lowest BCUT2D eigenvalue weighted by Gasteiger charge is -2.13. The first kappa shape index (κ1) is 15.1. The minimum absolute atomic E-state index is 0.633. The molecular weight excluding hydrogens is 266 g/mol. The average molecular weight is 287 g/mol. The molecule has 21 heavy (non-hydrogen) atoms. The summed E-state index contributed by atoms with van der Waals surface area (Å²) in [6, 6.07) is 7.81. The van der Waals surface area contributed by atoms with Crippen molar-refractivity contribution in [3.63, 3.8) is 0 Å². The number of ether oxygens (including phenoxy) is 2. The third-order valence-corrected chi connectivity index (χ3v) is 2.97. The summed E-state index contributed by atoms with van der Waals surface area (Å²) in [5, 5.41) is 3.26. The second-order valence-corrected chi connectivity index (χ2v) is 4.49. The molecule has 0 spiro atoms. The molecule has 0 aliphatic heterocycles. The van der Waals surface area contributed by atoms with E-state index in [2.05, 4.69) is 22.2 Å². The predicted molar refractivity (Wildman–Crippen MR) is 84.0 cm³/mol. The molecule has 112 valence electrons. The quantitative estimate of drug-likeness (QED) is 0.846. The summed E-state index contributed by atoms with van der Waals surface area (Å²) in [6.45, 7) is 5.54. The van der Waals surface area contributed by atoms with Crippen molar-refractivity contribution in [2.75, 3.05) is 25.6 Å². The van der Waals surface area contributed by atoms with Gasteiger partial charge in [0.1, 0.15) is 17.8 Å². The molecule has 0 unspecified atom stereocenters. The van der Waals surface area contributed by atoms with E-state index in [1.165, 1.54) is 0 Å². The van der Waals surface area contributed by atoms with Crippen LogP contribution >= 0.6 is 0 Å². The van der Waals surface area contributed by atoms with E-state index in [4.69, 9.17) is 9.47 Å². The van der Waals surface area contributed by atoms with E-state index >= 15 is 0 Å². The number of benzene rings is 1. The zero-order chi connectivity index (χ0) is 15.1. The first-order valence-corrected chi connectivity index (χ1v) is 7.16. The molecule has 0 bridgehead atoms. The van der Waals surface area contributed by atoms with Gasteiger partial charge in [0.2, 0.25) is 0 Å². The zero-order valence-corrected chi connectivity index (χ0v) is 12.7. The molecule has 5 nitrogen and oxygen atoms in total. The maximum atomic E-state index is 5.54. The van der Waals surface area contributed by atoms with E-state index in [1.54, 1.807) is 13.4 Å². The predicted octanol–water partition coefficient (Wildman–Crippen LogP) is 3.37. The molecule has 0 radical (unpaired) electrons. The minimum atomic E-state index is 0.633. The third kappa shape index (κ3) is 3.62. The van der Waals surface area contributed by atoms with Crippen LogP contribution in [0.4, 0.5) is 5.82 Å². The van der Waals surface area contributed by atoms with Crippen LogP contribution in [0.5, 0.6) is 11.5 Å². The molecule has 0 saturated heterocycles. The molecule has 2 rings (SSSR count). The summed E-state index contributed by atoms with van der Waals surface area (Å²) < 4.78 is 11.0. The van der Waals surface area contributed by atoms with Crippen molar-refractivity contribution in [2.45, 2.75) is 20.3 Å². The Bertz CT molecular complexity index is 587. The van der Waals surface area contributed by atoms with Gasteiger partial charge in [-0.3, -0.25) is 0 Å². The van der Waals surface area contributed by atoms with Gasteiger partial charge in [-0.25, -0.2) is 9.97 Å². The molecular formula is C16H21N3O2. The normalized spacial score (nSPS) is 10.2. The van der Waals surface area contributed by atoms with Crippen LogP contribution in [0.3, 0.4) is 0 Å². The summed E-state index contributed by atoms with van der Waals surface area (Å²) in [4.78, 5) is 8.61. The fourth-order valence-corrected chi connectivity index (χ4v) is 2.04. The van der Waals surface area contributed by atoms with Gasteiger partial charge in [0, 0.05) is 12.1 Å². The van der Waals surface area contributed by atoms with Crippen LogP contribution in [0, 0.1) is 0 Å². The highest BCUT2D eigenvalue weighted by Gasteiger charge is 2.14. The Morgan fingerprint density at radius 2 is 2.05 bits per heavy atom. The minimum Gasteiger partial charge on any atom is -0.494 e. The standard InChI is InChI=1S/C16H21N3O2/c1-4-9-17-16-15(20-3)14(18-11-19-16)12-7-6-8-13(10-12)21-5-2/h6-8,10-11H,4-5,9H2,1-3H3,(H,17,18,19). The fraction of sp³-hybridized carbons (Fsp3) is 0.375. The van der Waals surface area contributed by atoms with Gasteiger partial charge in [0.15, 0.2) is 11.6 Å². The maximum Gasteiger partial charge on any atom is 0.187 e. The molecule has 1 heterocycles. The first-order valence-electron chi connectivity index (χ1n) is 7.16. The molecule has 0 amide bonds. The fourth-order valence-electron chi connectivity index (χ4n) is 2.04. The number of rotatable bonds is 7. The molecule has 5 heteroatoms. The van der Waals surface area contributed by atoms with Gasteiger partial charge in [-0.05, 0) is 25.5 Å². The van der Waals surface area contributed by atoms with Crippen LogP contribution in [0.25, 0.3) is 11.3 Å². The van der Waals surface area contributed by atoms with E-state index in [0.29, 0.717) is 18.2 Å². The van der Waals surface area contributed by atoms with Crippen molar-refractivity contribution in [3.8, 4) is 22.8 Å². The van der Waals surface area contributed by atoms with Crippen LogP contribution < -0.4 is 14.8 Å². The summed E-state index contributed by atoms with van der Waals surface area (Å²) >= 11 is 0. The summed E-state index contributed by atoms with van der Waals surface area (Å²) in [5.74, 6) is 2.18. The van der Waals surface area contributed by atoms with Crippen LogP contribution in [0.15, 0.2) is 30.6 Å². The van der Waals surface area contributed by atoms with Gasteiger partial charge in [-0.15, -0.1) is 0 Å². The largest absolute Gasteiger partial charge is 0.494 e. The Labute approximate surface area is 125 Å². The van der Waals surface area contributed by atoms with Crippen molar-refractivity contribution in [2.24, 2.45) is 0 Å². The molecule has 2 aromatic rings. The Kier molecular flexibility index (Phi) is 5.37. The van der Waals surface area contributed by atoms with E-state index in [-0.39, 0.29) is 0 Å². The highest BCUT2D eigenvalue weighted by molar-refractivity contribution is 5.73.